The minimum Gasteiger partial charge on any atom is -0.351 e. The Morgan fingerprint density at radius 2 is 1.90 bits per heavy atom. The van der Waals surface area contributed by atoms with Crippen LogP contribution in [0.4, 0.5) is 10.2 Å². The zero-order valence-corrected chi connectivity index (χ0v) is 17.0. The number of carbonyl (C=O) groups excluding carboxylic acids is 1. The van der Waals surface area contributed by atoms with Crippen molar-refractivity contribution in [2.24, 2.45) is 4.99 Å². The van der Waals surface area contributed by atoms with Gasteiger partial charge in [0.15, 0.2) is 0 Å². The van der Waals surface area contributed by atoms with Crippen LogP contribution in [-0.2, 0) is 0 Å². The summed E-state index contributed by atoms with van der Waals surface area (Å²) in [5, 5.41) is 13.9. The smallest absolute Gasteiger partial charge is 0.280 e. The van der Waals surface area contributed by atoms with E-state index in [1.54, 1.807) is 18.2 Å². The number of H-pyrrole nitrogens is 1. The molecule has 8 heteroatoms. The number of halogens is 2. The van der Waals surface area contributed by atoms with Crippen LogP contribution >= 0.6 is 11.6 Å². The standard InChI is InChI=1S/C21H21ClFN5O/c1-21(2,3)26-20(25-19(29)14-7-5-9-16(23)11-14)24-18-12-17(27-28-18)13-6-4-8-15(22)10-13/h4-12H,1-3H3,(H3,24,25,26,27,28,29). The van der Waals surface area contributed by atoms with Gasteiger partial charge in [0.1, 0.15) is 11.6 Å². The Balaban J connectivity index is 1.85. The zero-order valence-electron chi connectivity index (χ0n) is 16.3. The van der Waals surface area contributed by atoms with Gasteiger partial charge in [0.2, 0.25) is 5.96 Å². The molecular formula is C21H21ClFN5O. The summed E-state index contributed by atoms with van der Waals surface area (Å²) in [5.74, 6) is -0.321. The number of aromatic amines is 1. The lowest BCUT2D eigenvalue weighted by Crippen LogP contribution is -2.44. The molecule has 0 unspecified atom stereocenters. The monoisotopic (exact) mass is 413 g/mol. The van der Waals surface area contributed by atoms with Crippen molar-refractivity contribution in [2.45, 2.75) is 26.3 Å². The molecule has 1 heterocycles. The maximum Gasteiger partial charge on any atom is 0.280 e. The number of carbonyl (C=O) groups is 1. The van der Waals surface area contributed by atoms with Crippen molar-refractivity contribution in [3.05, 3.63) is 71.0 Å². The highest BCUT2D eigenvalue weighted by Gasteiger charge is 2.16. The number of nitrogens with one attached hydrogen (secondary N) is 3. The van der Waals surface area contributed by atoms with Gasteiger partial charge >= 0.3 is 0 Å². The lowest BCUT2D eigenvalue weighted by molar-refractivity contribution is 0.100. The molecule has 0 atom stereocenters. The third-order valence-electron chi connectivity index (χ3n) is 3.73. The van der Waals surface area contributed by atoms with Gasteiger partial charge in [-0.2, -0.15) is 10.1 Å². The van der Waals surface area contributed by atoms with Crippen LogP contribution in [0.5, 0.6) is 0 Å². The topological polar surface area (TPSA) is 82.2 Å². The maximum atomic E-state index is 13.4. The first kappa shape index (κ1) is 20.5. The molecule has 150 valence electrons. The van der Waals surface area contributed by atoms with Gasteiger partial charge < -0.3 is 10.6 Å². The van der Waals surface area contributed by atoms with Crippen LogP contribution in [0.15, 0.2) is 59.6 Å². The molecule has 0 aliphatic heterocycles. The van der Waals surface area contributed by atoms with Crippen LogP contribution in [-0.4, -0.2) is 27.6 Å². The van der Waals surface area contributed by atoms with E-state index in [4.69, 9.17) is 11.6 Å². The molecule has 0 aliphatic carbocycles. The Morgan fingerprint density at radius 1 is 1.14 bits per heavy atom. The highest BCUT2D eigenvalue weighted by atomic mass is 35.5. The number of aromatic nitrogens is 2. The Morgan fingerprint density at radius 3 is 2.59 bits per heavy atom. The van der Waals surface area contributed by atoms with Crippen molar-refractivity contribution in [1.82, 2.24) is 15.5 Å². The van der Waals surface area contributed by atoms with Crippen molar-refractivity contribution in [2.75, 3.05) is 5.32 Å². The number of amides is 1. The predicted octanol–water partition coefficient (Wildman–Crippen LogP) is 4.87. The van der Waals surface area contributed by atoms with Gasteiger partial charge in [-0.15, -0.1) is 0 Å². The van der Waals surface area contributed by atoms with E-state index in [1.165, 1.54) is 18.2 Å². The van der Waals surface area contributed by atoms with Gasteiger partial charge in [-0.25, -0.2) is 4.39 Å². The van der Waals surface area contributed by atoms with E-state index >= 15 is 0 Å². The van der Waals surface area contributed by atoms with Crippen molar-refractivity contribution in [1.29, 1.82) is 0 Å². The molecule has 0 bridgehead atoms. The predicted molar refractivity (Wildman–Crippen MR) is 114 cm³/mol. The van der Waals surface area contributed by atoms with E-state index in [9.17, 15) is 9.18 Å². The lowest BCUT2D eigenvalue weighted by Gasteiger charge is -2.23. The lowest BCUT2D eigenvalue weighted by atomic mass is 10.1. The molecular weight excluding hydrogens is 393 g/mol. The van der Waals surface area contributed by atoms with Gasteiger partial charge in [-0.1, -0.05) is 29.8 Å². The summed E-state index contributed by atoms with van der Waals surface area (Å²) in [7, 11) is 0. The number of hydrogen-bond donors (Lipinski definition) is 3. The molecule has 2 aromatic carbocycles. The molecule has 3 aromatic rings. The van der Waals surface area contributed by atoms with Crippen molar-refractivity contribution >= 4 is 29.3 Å². The molecule has 29 heavy (non-hydrogen) atoms. The molecule has 3 N–H and O–H groups in total. The number of nitrogens with zero attached hydrogens (tertiary/aromatic N) is 2. The van der Waals surface area contributed by atoms with Gasteiger partial charge in [-0.3, -0.25) is 9.89 Å². The summed E-state index contributed by atoms with van der Waals surface area (Å²) < 4.78 is 13.4. The third-order valence-corrected chi connectivity index (χ3v) is 3.96. The minimum atomic E-state index is -0.571. The molecule has 0 radical (unpaired) electrons. The van der Waals surface area contributed by atoms with Crippen molar-refractivity contribution < 1.29 is 9.18 Å². The van der Waals surface area contributed by atoms with Crippen molar-refractivity contribution in [3.8, 4) is 11.3 Å². The fourth-order valence-corrected chi connectivity index (χ4v) is 2.73. The number of guanidine groups is 1. The van der Waals surface area contributed by atoms with Crippen LogP contribution in [0, 0.1) is 5.82 Å². The van der Waals surface area contributed by atoms with Gasteiger partial charge in [-0.05, 0) is 51.1 Å². The molecule has 3 rings (SSSR count). The van der Waals surface area contributed by atoms with E-state index in [1.807, 2.05) is 32.9 Å². The first-order valence-electron chi connectivity index (χ1n) is 8.95. The van der Waals surface area contributed by atoms with Gasteiger partial charge in [0, 0.05) is 27.8 Å². The normalized spacial score (nSPS) is 12.0. The summed E-state index contributed by atoms with van der Waals surface area (Å²) in [6.07, 6.45) is 0. The second kappa shape index (κ2) is 8.45. The van der Waals surface area contributed by atoms with Crippen LogP contribution in [0.3, 0.4) is 0 Å². The van der Waals surface area contributed by atoms with Crippen LogP contribution in [0.25, 0.3) is 11.3 Å². The molecule has 0 aliphatic rings. The molecule has 0 saturated carbocycles. The van der Waals surface area contributed by atoms with Crippen molar-refractivity contribution in [3.63, 3.8) is 0 Å². The Labute approximate surface area is 173 Å². The highest BCUT2D eigenvalue weighted by Crippen LogP contribution is 2.22. The molecule has 0 spiro atoms. The van der Waals surface area contributed by atoms with Crippen LogP contribution < -0.4 is 10.6 Å². The minimum absolute atomic E-state index is 0.157. The third kappa shape index (κ3) is 5.89. The number of rotatable bonds is 3. The zero-order chi connectivity index (χ0) is 21.0. The number of hydrogen-bond acceptors (Lipinski definition) is 2. The molecule has 1 aromatic heterocycles. The van der Waals surface area contributed by atoms with Crippen LogP contribution in [0.1, 0.15) is 31.1 Å². The van der Waals surface area contributed by atoms with E-state index in [0.29, 0.717) is 16.5 Å². The van der Waals surface area contributed by atoms with E-state index in [2.05, 4.69) is 25.8 Å². The molecule has 0 fully saturated rings. The summed E-state index contributed by atoms with van der Waals surface area (Å²) in [6, 6.07) is 14.5. The van der Waals surface area contributed by atoms with Crippen LogP contribution in [0.2, 0.25) is 5.02 Å². The van der Waals surface area contributed by atoms with Gasteiger partial charge in [0.25, 0.3) is 5.91 Å². The summed E-state index contributed by atoms with van der Waals surface area (Å²) >= 11 is 6.04. The number of aliphatic imine (C=N–C) groups is 1. The van der Waals surface area contributed by atoms with E-state index in [-0.39, 0.29) is 17.1 Å². The average molecular weight is 414 g/mol. The quantitative estimate of drug-likeness (QED) is 0.422. The fraction of sp³-hybridized carbons (Fsp3) is 0.190. The Hall–Kier alpha value is -3.19. The highest BCUT2D eigenvalue weighted by molar-refractivity contribution is 6.30. The SMILES string of the molecule is CC(C)(C)N/C(=N/C(=O)c1cccc(F)c1)Nc1cc(-c2cccc(Cl)c2)n[nH]1. The molecule has 1 amide bonds. The molecule has 0 saturated heterocycles. The maximum absolute atomic E-state index is 13.4. The first-order valence-corrected chi connectivity index (χ1v) is 9.32. The Bertz CT molecular complexity index is 1050. The van der Waals surface area contributed by atoms with Gasteiger partial charge in [0.05, 0.1) is 5.69 Å². The first-order chi connectivity index (χ1) is 13.7. The summed E-state index contributed by atoms with van der Waals surface area (Å²) in [4.78, 5) is 16.6. The number of anilines is 1. The second-order valence-corrected chi connectivity index (χ2v) is 7.89. The summed E-state index contributed by atoms with van der Waals surface area (Å²) in [6.45, 7) is 5.80. The van der Waals surface area contributed by atoms with E-state index < -0.39 is 11.7 Å². The number of benzene rings is 2. The summed E-state index contributed by atoms with van der Waals surface area (Å²) in [5.41, 5.74) is 1.31. The Kier molecular flexibility index (Phi) is 5.98. The fourth-order valence-electron chi connectivity index (χ4n) is 2.54. The average Bonchev–Trinajstić information content (AvgIpc) is 3.09. The van der Waals surface area contributed by atoms with E-state index in [0.717, 1.165) is 11.6 Å². The molecule has 6 nitrogen and oxygen atoms in total. The largest absolute Gasteiger partial charge is 0.351 e. The second-order valence-electron chi connectivity index (χ2n) is 7.45.